The van der Waals surface area contributed by atoms with E-state index >= 15 is 0 Å². The molecule has 2 unspecified atom stereocenters. The van der Waals surface area contributed by atoms with Gasteiger partial charge in [0.2, 0.25) is 0 Å². The first-order chi connectivity index (χ1) is 14.2. The van der Waals surface area contributed by atoms with Gasteiger partial charge in [0.25, 0.3) is 5.91 Å². The van der Waals surface area contributed by atoms with Crippen molar-refractivity contribution in [3.05, 3.63) is 66.6 Å². The zero-order valence-electron chi connectivity index (χ0n) is 16.4. The highest BCUT2D eigenvalue weighted by atomic mass is 16.5. The van der Waals surface area contributed by atoms with Gasteiger partial charge < -0.3 is 9.64 Å². The topological polar surface area (TPSA) is 60.2 Å². The molecule has 0 spiro atoms. The number of carbonyl (C=O) groups excluding carboxylic acids is 1. The molecule has 1 aromatic carbocycles. The van der Waals surface area contributed by atoms with Crippen molar-refractivity contribution in [1.29, 1.82) is 0 Å². The second-order valence-electron chi connectivity index (χ2n) is 7.90. The van der Waals surface area contributed by atoms with Crippen molar-refractivity contribution in [2.75, 3.05) is 0 Å². The Hall–Kier alpha value is -3.15. The summed E-state index contributed by atoms with van der Waals surface area (Å²) in [6.07, 6.45) is 7.42. The van der Waals surface area contributed by atoms with Crippen LogP contribution in [0.3, 0.4) is 0 Å². The molecule has 0 radical (unpaired) electrons. The van der Waals surface area contributed by atoms with Gasteiger partial charge in [0.1, 0.15) is 17.5 Å². The lowest BCUT2D eigenvalue weighted by molar-refractivity contribution is 0.0349. The molecule has 29 heavy (non-hydrogen) atoms. The molecular formula is C23H24N4O2. The Morgan fingerprint density at radius 3 is 2.52 bits per heavy atom. The highest BCUT2D eigenvalue weighted by Crippen LogP contribution is 2.38. The van der Waals surface area contributed by atoms with Gasteiger partial charge in [-0.1, -0.05) is 30.3 Å². The number of pyridine rings is 1. The van der Waals surface area contributed by atoms with Crippen molar-refractivity contribution in [1.82, 2.24) is 19.7 Å². The molecule has 3 aromatic rings. The predicted octanol–water partition coefficient (Wildman–Crippen LogP) is 3.70. The van der Waals surface area contributed by atoms with E-state index in [1.807, 2.05) is 55.6 Å². The van der Waals surface area contributed by atoms with Gasteiger partial charge in [0, 0.05) is 43.7 Å². The molecule has 5 rings (SSSR count). The Balaban J connectivity index is 1.33. The van der Waals surface area contributed by atoms with Crippen molar-refractivity contribution in [3.8, 4) is 17.0 Å². The van der Waals surface area contributed by atoms with E-state index in [-0.39, 0.29) is 24.1 Å². The number of fused-ring (bicyclic) bond motifs is 2. The summed E-state index contributed by atoms with van der Waals surface area (Å²) in [5.74, 6) is 0.880. The summed E-state index contributed by atoms with van der Waals surface area (Å²) >= 11 is 0. The van der Waals surface area contributed by atoms with Crippen LogP contribution in [-0.4, -0.2) is 43.8 Å². The van der Waals surface area contributed by atoms with Gasteiger partial charge in [0.15, 0.2) is 0 Å². The van der Waals surface area contributed by atoms with Crippen LogP contribution < -0.4 is 4.74 Å². The van der Waals surface area contributed by atoms with Crippen LogP contribution in [0, 0.1) is 0 Å². The van der Waals surface area contributed by atoms with E-state index in [9.17, 15) is 4.79 Å². The van der Waals surface area contributed by atoms with Crippen LogP contribution in [-0.2, 0) is 7.05 Å². The number of aryl methyl sites for hydroxylation is 1. The minimum Gasteiger partial charge on any atom is -0.489 e. The minimum absolute atomic E-state index is 0.0782. The predicted molar refractivity (Wildman–Crippen MR) is 110 cm³/mol. The second-order valence-corrected chi connectivity index (χ2v) is 7.90. The van der Waals surface area contributed by atoms with E-state index in [1.54, 1.807) is 17.1 Å². The van der Waals surface area contributed by atoms with Gasteiger partial charge in [-0.3, -0.25) is 14.5 Å². The third kappa shape index (κ3) is 3.39. The summed E-state index contributed by atoms with van der Waals surface area (Å²) in [6, 6.07) is 16.2. The Kier molecular flexibility index (Phi) is 4.54. The van der Waals surface area contributed by atoms with E-state index in [1.165, 1.54) is 0 Å². The molecule has 0 N–H and O–H groups in total. The van der Waals surface area contributed by atoms with Gasteiger partial charge in [-0.05, 0) is 31.0 Å². The lowest BCUT2D eigenvalue weighted by atomic mass is 9.99. The number of piperidine rings is 1. The van der Waals surface area contributed by atoms with Crippen LogP contribution >= 0.6 is 0 Å². The van der Waals surface area contributed by atoms with E-state index in [4.69, 9.17) is 4.74 Å². The summed E-state index contributed by atoms with van der Waals surface area (Å²) < 4.78 is 7.85. The molecule has 2 fully saturated rings. The molecule has 6 nitrogen and oxygen atoms in total. The lowest BCUT2D eigenvalue weighted by Crippen LogP contribution is -2.49. The zero-order valence-corrected chi connectivity index (χ0v) is 16.4. The number of benzene rings is 1. The first-order valence-electron chi connectivity index (χ1n) is 10.2. The molecule has 2 atom stereocenters. The highest BCUT2D eigenvalue weighted by Gasteiger charge is 2.44. The number of ether oxygens (including phenoxy) is 1. The molecule has 2 saturated heterocycles. The van der Waals surface area contributed by atoms with E-state index < -0.39 is 0 Å². The first kappa shape index (κ1) is 17.9. The van der Waals surface area contributed by atoms with Crippen LogP contribution in [0.25, 0.3) is 11.3 Å². The fourth-order valence-corrected chi connectivity index (χ4v) is 4.71. The molecule has 6 heteroatoms. The van der Waals surface area contributed by atoms with Crippen LogP contribution in [0.15, 0.2) is 60.9 Å². The summed E-state index contributed by atoms with van der Waals surface area (Å²) in [7, 11) is 1.85. The third-order valence-electron chi connectivity index (χ3n) is 6.03. The molecule has 2 bridgehead atoms. The van der Waals surface area contributed by atoms with Crippen LogP contribution in [0.1, 0.15) is 36.2 Å². The number of hydrogen-bond donors (Lipinski definition) is 0. The summed E-state index contributed by atoms with van der Waals surface area (Å²) in [5.41, 5.74) is 2.50. The Morgan fingerprint density at radius 2 is 1.83 bits per heavy atom. The maximum atomic E-state index is 13.4. The lowest BCUT2D eigenvalue weighted by Gasteiger charge is -2.38. The Bertz CT molecular complexity index is 988. The van der Waals surface area contributed by atoms with E-state index in [2.05, 4.69) is 15.0 Å². The molecule has 148 valence electrons. The Morgan fingerprint density at radius 1 is 1.07 bits per heavy atom. The molecular weight excluding hydrogens is 364 g/mol. The van der Waals surface area contributed by atoms with Gasteiger partial charge in [0.05, 0.1) is 11.9 Å². The average Bonchev–Trinajstić information content (AvgIpc) is 3.26. The molecule has 0 aliphatic carbocycles. The van der Waals surface area contributed by atoms with E-state index in [0.29, 0.717) is 5.69 Å². The fourth-order valence-electron chi connectivity index (χ4n) is 4.71. The number of hydrogen-bond acceptors (Lipinski definition) is 4. The van der Waals surface area contributed by atoms with Gasteiger partial charge in [-0.2, -0.15) is 5.10 Å². The van der Waals surface area contributed by atoms with Crippen LogP contribution in [0.4, 0.5) is 0 Å². The monoisotopic (exact) mass is 388 g/mol. The van der Waals surface area contributed by atoms with Crippen molar-refractivity contribution in [2.24, 2.45) is 7.05 Å². The molecule has 2 aliphatic heterocycles. The van der Waals surface area contributed by atoms with Crippen molar-refractivity contribution < 1.29 is 9.53 Å². The number of aromatic nitrogens is 3. The minimum atomic E-state index is 0.0782. The van der Waals surface area contributed by atoms with Crippen molar-refractivity contribution >= 4 is 5.91 Å². The quantitative estimate of drug-likeness (QED) is 0.684. The van der Waals surface area contributed by atoms with Gasteiger partial charge in [-0.25, -0.2) is 0 Å². The Labute approximate surface area is 170 Å². The maximum Gasteiger partial charge on any atom is 0.272 e. The summed E-state index contributed by atoms with van der Waals surface area (Å²) in [6.45, 7) is 0. The average molecular weight is 388 g/mol. The number of rotatable bonds is 4. The summed E-state index contributed by atoms with van der Waals surface area (Å²) in [5, 5.41) is 4.58. The normalized spacial score (nSPS) is 23.2. The SMILES string of the molecule is Cn1nc(-c2ccccc2)cc1C(=O)N1C2CCC1CC(Oc1cccnc1)C2. The third-order valence-corrected chi connectivity index (χ3v) is 6.03. The molecule has 0 saturated carbocycles. The molecule has 4 heterocycles. The standard InChI is InChI=1S/C23H24N4O2/c1-26-22(14-21(25-26)16-6-3-2-4-7-16)23(28)27-17-9-10-18(27)13-20(12-17)29-19-8-5-11-24-15-19/h2-8,11,14-15,17-18,20H,9-10,12-13H2,1H3. The second kappa shape index (κ2) is 7.35. The van der Waals surface area contributed by atoms with Gasteiger partial charge in [-0.15, -0.1) is 0 Å². The largest absolute Gasteiger partial charge is 0.489 e. The smallest absolute Gasteiger partial charge is 0.272 e. The zero-order chi connectivity index (χ0) is 19.8. The van der Waals surface area contributed by atoms with Crippen LogP contribution in [0.5, 0.6) is 5.75 Å². The maximum absolute atomic E-state index is 13.4. The highest BCUT2D eigenvalue weighted by molar-refractivity contribution is 5.94. The first-order valence-corrected chi connectivity index (χ1v) is 10.2. The molecule has 2 aliphatic rings. The number of nitrogens with zero attached hydrogens (tertiary/aromatic N) is 4. The van der Waals surface area contributed by atoms with E-state index in [0.717, 1.165) is 42.7 Å². The molecule has 1 amide bonds. The summed E-state index contributed by atoms with van der Waals surface area (Å²) in [4.78, 5) is 19.6. The number of carbonyl (C=O) groups is 1. The van der Waals surface area contributed by atoms with Gasteiger partial charge >= 0.3 is 0 Å². The number of amides is 1. The van der Waals surface area contributed by atoms with Crippen molar-refractivity contribution in [3.63, 3.8) is 0 Å². The van der Waals surface area contributed by atoms with Crippen LogP contribution in [0.2, 0.25) is 0 Å². The fraction of sp³-hybridized carbons (Fsp3) is 0.348. The van der Waals surface area contributed by atoms with Crippen molar-refractivity contribution in [2.45, 2.75) is 43.9 Å². The molecule has 2 aromatic heterocycles.